The summed E-state index contributed by atoms with van der Waals surface area (Å²) in [5.74, 6) is -1.14. The number of carbonyl (C=O) groups excluding carboxylic acids is 1. The number of aliphatic carboxylic acids is 1. The molecule has 0 radical (unpaired) electrons. The van der Waals surface area contributed by atoms with Gasteiger partial charge in [-0.05, 0) is 52.0 Å². The van der Waals surface area contributed by atoms with Crippen molar-refractivity contribution in [2.75, 3.05) is 13.7 Å². The van der Waals surface area contributed by atoms with E-state index in [1.165, 1.54) is 71.3 Å². The van der Waals surface area contributed by atoms with Crippen LogP contribution in [0.15, 0.2) is 30.3 Å². The van der Waals surface area contributed by atoms with Crippen molar-refractivity contribution in [3.63, 3.8) is 0 Å². The first-order valence-corrected chi connectivity index (χ1v) is 13.2. The van der Waals surface area contributed by atoms with Crippen LogP contribution in [-0.2, 0) is 20.9 Å². The number of hydrogen-bond acceptors (Lipinski definition) is 5. The summed E-state index contributed by atoms with van der Waals surface area (Å²) in [5, 5.41) is 13.1. The molecule has 2 aliphatic rings. The van der Waals surface area contributed by atoms with Crippen LogP contribution in [0.1, 0.15) is 90.5 Å². The Morgan fingerprint density at radius 3 is 1.94 bits per heavy atom. The fourth-order valence-corrected chi connectivity index (χ4v) is 4.50. The number of amides is 1. The number of rotatable bonds is 8. The minimum absolute atomic E-state index is 0.0937. The molecule has 1 atom stereocenters. The minimum Gasteiger partial charge on any atom is -0.480 e. The zero-order valence-corrected chi connectivity index (χ0v) is 22.1. The summed E-state index contributed by atoms with van der Waals surface area (Å²) in [6.45, 7) is 5.45. The third kappa shape index (κ3) is 11.9. The van der Waals surface area contributed by atoms with Crippen molar-refractivity contribution in [3.05, 3.63) is 35.9 Å². The van der Waals surface area contributed by atoms with Crippen molar-refractivity contribution in [3.8, 4) is 0 Å². The lowest BCUT2D eigenvalue weighted by molar-refractivity contribution is -0.146. The van der Waals surface area contributed by atoms with Gasteiger partial charge in [0.1, 0.15) is 6.61 Å². The molecule has 0 spiro atoms. The van der Waals surface area contributed by atoms with Crippen LogP contribution >= 0.6 is 0 Å². The standard InChI is InChI=1S/C16H23NO5.C12H23N/c1-16(2,3)22-11-13(14(18)19)17(4)15(20)21-10-12-8-6-5-7-9-12;1-3-7-11(8-4-1)13-12-9-5-2-6-10-12/h5-9,13H,10-11H2,1-4H3,(H,18,19);11-13H,1-10H2/t13-;/m0./s1. The van der Waals surface area contributed by atoms with Crippen molar-refractivity contribution in [1.29, 1.82) is 0 Å². The number of carboxylic acids is 1. The molecular weight excluding hydrogens is 444 g/mol. The SMILES string of the molecule is C1CCC(NC2CCCCC2)CC1.CN(C(=O)OCc1ccccc1)[C@@H](COC(C)(C)C)C(=O)O. The molecule has 0 heterocycles. The second-order valence-electron chi connectivity index (χ2n) is 10.8. The second-order valence-corrected chi connectivity index (χ2v) is 10.8. The van der Waals surface area contributed by atoms with Gasteiger partial charge in [-0.15, -0.1) is 0 Å². The Bertz CT molecular complexity index is 721. The molecule has 3 rings (SSSR count). The maximum Gasteiger partial charge on any atom is 0.410 e. The third-order valence-corrected chi connectivity index (χ3v) is 6.60. The highest BCUT2D eigenvalue weighted by Gasteiger charge is 2.29. The van der Waals surface area contributed by atoms with E-state index >= 15 is 0 Å². The average Bonchev–Trinajstić information content (AvgIpc) is 2.84. The molecular formula is C28H46N2O5. The van der Waals surface area contributed by atoms with Crippen molar-refractivity contribution in [2.24, 2.45) is 0 Å². The van der Waals surface area contributed by atoms with E-state index in [1.807, 2.05) is 51.1 Å². The summed E-state index contributed by atoms with van der Waals surface area (Å²) < 4.78 is 10.6. The van der Waals surface area contributed by atoms with Crippen LogP contribution in [0.25, 0.3) is 0 Å². The molecule has 7 nitrogen and oxygen atoms in total. The van der Waals surface area contributed by atoms with Gasteiger partial charge >= 0.3 is 12.1 Å². The van der Waals surface area contributed by atoms with Gasteiger partial charge in [-0.2, -0.15) is 0 Å². The van der Waals surface area contributed by atoms with Gasteiger partial charge in [-0.3, -0.25) is 4.90 Å². The van der Waals surface area contributed by atoms with Crippen molar-refractivity contribution >= 4 is 12.1 Å². The molecule has 0 unspecified atom stereocenters. The van der Waals surface area contributed by atoms with Crippen molar-refractivity contribution < 1.29 is 24.2 Å². The number of benzene rings is 1. The van der Waals surface area contributed by atoms with Gasteiger partial charge in [-0.1, -0.05) is 68.9 Å². The normalized spacial score (nSPS) is 18.2. The molecule has 0 bridgehead atoms. The van der Waals surface area contributed by atoms with Crippen molar-refractivity contribution in [1.82, 2.24) is 10.2 Å². The molecule has 2 aliphatic carbocycles. The predicted molar refractivity (Wildman–Crippen MR) is 138 cm³/mol. The first-order valence-electron chi connectivity index (χ1n) is 13.2. The third-order valence-electron chi connectivity index (χ3n) is 6.60. The number of carboxylic acid groups (broad SMARTS) is 1. The molecule has 1 aromatic carbocycles. The molecule has 0 aliphatic heterocycles. The number of carbonyl (C=O) groups is 2. The number of nitrogens with zero attached hydrogens (tertiary/aromatic N) is 1. The Kier molecular flexibility index (Phi) is 12.6. The van der Waals surface area contributed by atoms with Gasteiger partial charge in [0.15, 0.2) is 6.04 Å². The highest BCUT2D eigenvalue weighted by atomic mass is 16.6. The summed E-state index contributed by atoms with van der Waals surface area (Å²) in [7, 11) is 1.39. The molecule has 1 amide bonds. The van der Waals surface area contributed by atoms with Gasteiger partial charge in [0.25, 0.3) is 0 Å². The Morgan fingerprint density at radius 1 is 0.971 bits per heavy atom. The molecule has 198 valence electrons. The maximum atomic E-state index is 12.0. The van der Waals surface area contributed by atoms with Gasteiger partial charge in [0, 0.05) is 19.1 Å². The summed E-state index contributed by atoms with van der Waals surface area (Å²) in [5.41, 5.74) is 0.352. The highest BCUT2D eigenvalue weighted by molar-refractivity contribution is 5.80. The zero-order valence-electron chi connectivity index (χ0n) is 22.1. The quantitative estimate of drug-likeness (QED) is 0.481. The molecule has 35 heavy (non-hydrogen) atoms. The summed E-state index contributed by atoms with van der Waals surface area (Å²) in [6.07, 6.45) is 13.9. The Labute approximate surface area is 211 Å². The zero-order chi connectivity index (χ0) is 25.7. The average molecular weight is 491 g/mol. The van der Waals surface area contributed by atoms with E-state index in [9.17, 15) is 14.7 Å². The molecule has 2 N–H and O–H groups in total. The van der Waals surface area contributed by atoms with Gasteiger partial charge in [0.05, 0.1) is 12.2 Å². The van der Waals surface area contributed by atoms with E-state index < -0.39 is 23.7 Å². The van der Waals surface area contributed by atoms with E-state index in [0.717, 1.165) is 22.5 Å². The number of nitrogens with one attached hydrogen (secondary N) is 1. The van der Waals surface area contributed by atoms with Crippen molar-refractivity contribution in [2.45, 2.75) is 115 Å². The topological polar surface area (TPSA) is 88.1 Å². The summed E-state index contributed by atoms with van der Waals surface area (Å²) in [4.78, 5) is 24.3. The Hall–Kier alpha value is -2.12. The molecule has 2 saturated carbocycles. The first-order chi connectivity index (χ1) is 16.7. The fourth-order valence-electron chi connectivity index (χ4n) is 4.50. The number of likely N-dealkylation sites (N-methyl/N-ethyl adjacent to an activating group) is 1. The van der Waals surface area contributed by atoms with Crippen LogP contribution in [0.2, 0.25) is 0 Å². The highest BCUT2D eigenvalue weighted by Crippen LogP contribution is 2.22. The summed E-state index contributed by atoms with van der Waals surface area (Å²) in [6, 6.07) is 9.84. The lowest BCUT2D eigenvalue weighted by Crippen LogP contribution is -2.46. The van der Waals surface area contributed by atoms with Crippen LogP contribution in [-0.4, -0.2) is 59.5 Å². The minimum atomic E-state index is -1.14. The maximum absolute atomic E-state index is 12.0. The van der Waals surface area contributed by atoms with E-state index in [1.54, 1.807) is 0 Å². The fraction of sp³-hybridized carbons (Fsp3) is 0.714. The smallest absolute Gasteiger partial charge is 0.410 e. The molecule has 2 fully saturated rings. The van der Waals surface area contributed by atoms with E-state index in [2.05, 4.69) is 5.32 Å². The molecule has 7 heteroatoms. The van der Waals surface area contributed by atoms with Crippen LogP contribution in [0.3, 0.4) is 0 Å². The first kappa shape index (κ1) is 29.1. The van der Waals surface area contributed by atoms with Gasteiger partial charge in [0.2, 0.25) is 0 Å². The molecule has 0 aromatic heterocycles. The van der Waals surface area contributed by atoms with E-state index in [-0.39, 0.29) is 13.2 Å². The lowest BCUT2D eigenvalue weighted by Gasteiger charge is -2.30. The molecule has 1 aromatic rings. The number of ether oxygens (including phenoxy) is 2. The van der Waals surface area contributed by atoms with Crippen LogP contribution in [0.5, 0.6) is 0 Å². The van der Waals surface area contributed by atoms with Crippen LogP contribution in [0.4, 0.5) is 4.79 Å². The Balaban J connectivity index is 0.000000279. The largest absolute Gasteiger partial charge is 0.480 e. The van der Waals surface area contributed by atoms with Gasteiger partial charge in [-0.25, -0.2) is 9.59 Å². The second kappa shape index (κ2) is 15.1. The van der Waals surface area contributed by atoms with Gasteiger partial charge < -0.3 is 19.9 Å². The summed E-state index contributed by atoms with van der Waals surface area (Å²) >= 11 is 0. The monoisotopic (exact) mass is 490 g/mol. The van der Waals surface area contributed by atoms with Crippen LogP contribution in [0, 0.1) is 0 Å². The number of hydrogen-bond donors (Lipinski definition) is 2. The van der Waals surface area contributed by atoms with E-state index in [0.29, 0.717) is 0 Å². The predicted octanol–water partition coefficient (Wildman–Crippen LogP) is 5.76. The lowest BCUT2D eigenvalue weighted by atomic mass is 9.91. The van der Waals surface area contributed by atoms with Crippen LogP contribution < -0.4 is 5.32 Å². The Morgan fingerprint density at radius 2 is 1.49 bits per heavy atom. The van der Waals surface area contributed by atoms with E-state index in [4.69, 9.17) is 9.47 Å². The molecule has 0 saturated heterocycles.